The van der Waals surface area contributed by atoms with Gasteiger partial charge in [0, 0.05) is 7.11 Å². The Kier molecular flexibility index (Phi) is 3.01. The van der Waals surface area contributed by atoms with Gasteiger partial charge in [0.2, 0.25) is 0 Å². The zero-order valence-corrected chi connectivity index (χ0v) is 7.91. The first-order valence-corrected chi connectivity index (χ1v) is 4.68. The third-order valence-electron chi connectivity index (χ3n) is 2.12. The molecule has 1 aliphatic rings. The number of rotatable bonds is 2. The summed E-state index contributed by atoms with van der Waals surface area (Å²) in [4.78, 5) is 0. The molecule has 0 aromatic carbocycles. The third kappa shape index (κ3) is 1.47. The average Bonchev–Trinajstić information content (AvgIpc) is 2.25. The van der Waals surface area contributed by atoms with Gasteiger partial charge in [-0.05, 0) is 6.92 Å². The first-order chi connectivity index (χ1) is 5.54. The van der Waals surface area contributed by atoms with Gasteiger partial charge in [-0.3, -0.25) is 0 Å². The molecule has 0 spiro atoms. The zero-order chi connectivity index (χ0) is 9.35. The number of methoxy groups -OCH3 is 1. The van der Waals surface area contributed by atoms with E-state index in [0.717, 1.165) is 0 Å². The first-order valence-electron chi connectivity index (χ1n) is 3.73. The van der Waals surface area contributed by atoms with Gasteiger partial charge in [-0.2, -0.15) is 0 Å². The molecule has 4 atom stereocenters. The quantitative estimate of drug-likeness (QED) is 0.536. The van der Waals surface area contributed by atoms with Crippen molar-refractivity contribution >= 4 is 11.8 Å². The number of aliphatic hydroxyl groups excluding tert-OH is 2. The molecule has 0 bridgehead atoms. The van der Waals surface area contributed by atoms with Gasteiger partial charge in [0.1, 0.15) is 11.0 Å². The van der Waals surface area contributed by atoms with Crippen molar-refractivity contribution in [2.45, 2.75) is 29.3 Å². The Labute approximate surface area is 75.5 Å². The van der Waals surface area contributed by atoms with Crippen LogP contribution in [0.3, 0.4) is 0 Å². The van der Waals surface area contributed by atoms with Crippen LogP contribution < -0.4 is 0 Å². The van der Waals surface area contributed by atoms with Crippen molar-refractivity contribution in [1.82, 2.24) is 0 Å². The molecular formula is C7H14O4S. The van der Waals surface area contributed by atoms with Gasteiger partial charge in [0.05, 0.1) is 18.0 Å². The predicted octanol–water partition coefficient (Wildman–Crippen LogP) is -0.822. The van der Waals surface area contributed by atoms with E-state index in [1.165, 1.54) is 25.8 Å². The molecule has 1 heterocycles. The molecule has 1 fully saturated rings. The normalized spacial score (nSPS) is 48.2. The Morgan fingerprint density at radius 1 is 1.58 bits per heavy atom. The van der Waals surface area contributed by atoms with E-state index in [1.807, 2.05) is 0 Å². The molecular weight excluding hydrogens is 180 g/mol. The minimum Gasteiger partial charge on any atom is -0.395 e. The van der Waals surface area contributed by atoms with E-state index in [-0.39, 0.29) is 11.9 Å². The standard InChI is InChI=1S/C7H14O4S/c1-7(10)5(9)4(3-8)12-6(7)11-2/h4-6,8-10H,3H2,1-2H3/t4-,5-,6?,7-/m1/s1. The SMILES string of the molecule is COC1S[C@H](CO)[C@@H](O)[C@@]1(C)O. The fraction of sp³-hybridized carbons (Fsp3) is 1.00. The Hall–Kier alpha value is 0.190. The lowest BCUT2D eigenvalue weighted by Gasteiger charge is -2.26. The Morgan fingerprint density at radius 2 is 2.17 bits per heavy atom. The summed E-state index contributed by atoms with van der Waals surface area (Å²) < 4.78 is 4.97. The van der Waals surface area contributed by atoms with E-state index in [2.05, 4.69) is 0 Å². The Balaban J connectivity index is 2.73. The molecule has 1 unspecified atom stereocenters. The van der Waals surface area contributed by atoms with Crippen LogP contribution in [0.2, 0.25) is 0 Å². The minimum absolute atomic E-state index is 0.151. The fourth-order valence-electron chi connectivity index (χ4n) is 1.32. The minimum atomic E-state index is -1.27. The molecule has 0 radical (unpaired) electrons. The van der Waals surface area contributed by atoms with Crippen molar-refractivity contribution < 1.29 is 20.1 Å². The van der Waals surface area contributed by atoms with Gasteiger partial charge < -0.3 is 20.1 Å². The highest BCUT2D eigenvalue weighted by Crippen LogP contribution is 2.41. The van der Waals surface area contributed by atoms with Crippen LogP contribution in [0, 0.1) is 0 Å². The van der Waals surface area contributed by atoms with E-state index in [0.29, 0.717) is 0 Å². The summed E-state index contributed by atoms with van der Waals surface area (Å²) in [7, 11) is 1.47. The monoisotopic (exact) mass is 194 g/mol. The highest BCUT2D eigenvalue weighted by atomic mass is 32.2. The summed E-state index contributed by atoms with van der Waals surface area (Å²) in [6.07, 6.45) is -0.933. The molecule has 1 saturated heterocycles. The van der Waals surface area contributed by atoms with E-state index < -0.39 is 17.1 Å². The smallest absolute Gasteiger partial charge is 0.134 e. The second-order valence-corrected chi connectivity index (χ2v) is 4.40. The van der Waals surface area contributed by atoms with Crippen molar-refractivity contribution in [2.24, 2.45) is 0 Å². The summed E-state index contributed by atoms with van der Waals surface area (Å²) in [5.74, 6) is 0. The van der Waals surface area contributed by atoms with Crippen LogP contribution in [0.5, 0.6) is 0 Å². The Bertz CT molecular complexity index is 157. The molecule has 0 amide bonds. The number of hydrogen-bond acceptors (Lipinski definition) is 5. The van der Waals surface area contributed by atoms with Crippen molar-refractivity contribution in [3.8, 4) is 0 Å². The molecule has 5 heteroatoms. The number of aliphatic hydroxyl groups is 3. The first kappa shape index (κ1) is 10.3. The average molecular weight is 194 g/mol. The van der Waals surface area contributed by atoms with E-state index in [9.17, 15) is 10.2 Å². The summed E-state index contributed by atoms with van der Waals surface area (Å²) >= 11 is 1.25. The summed E-state index contributed by atoms with van der Waals surface area (Å²) in [6, 6.07) is 0. The van der Waals surface area contributed by atoms with Gasteiger partial charge >= 0.3 is 0 Å². The maximum atomic E-state index is 9.72. The molecule has 0 aromatic rings. The molecule has 0 aliphatic carbocycles. The van der Waals surface area contributed by atoms with Gasteiger partial charge in [-0.25, -0.2) is 0 Å². The van der Waals surface area contributed by atoms with Gasteiger partial charge in [0.25, 0.3) is 0 Å². The van der Waals surface area contributed by atoms with E-state index in [1.54, 1.807) is 0 Å². The van der Waals surface area contributed by atoms with Crippen LogP contribution in [-0.4, -0.2) is 51.4 Å². The van der Waals surface area contributed by atoms with Crippen molar-refractivity contribution in [3.05, 3.63) is 0 Å². The summed E-state index contributed by atoms with van der Waals surface area (Å²) in [6.45, 7) is 1.36. The van der Waals surface area contributed by atoms with Crippen molar-refractivity contribution in [1.29, 1.82) is 0 Å². The topological polar surface area (TPSA) is 69.9 Å². The van der Waals surface area contributed by atoms with Gasteiger partial charge in [0.15, 0.2) is 0 Å². The second kappa shape index (κ2) is 3.51. The maximum Gasteiger partial charge on any atom is 0.134 e. The number of hydrogen-bond donors (Lipinski definition) is 3. The van der Waals surface area contributed by atoms with Crippen LogP contribution in [0.4, 0.5) is 0 Å². The lowest BCUT2D eigenvalue weighted by atomic mass is 9.98. The van der Waals surface area contributed by atoms with Gasteiger partial charge in [-0.1, -0.05) is 0 Å². The molecule has 0 saturated carbocycles. The van der Waals surface area contributed by atoms with Crippen LogP contribution in [-0.2, 0) is 4.74 Å². The maximum absolute atomic E-state index is 9.72. The van der Waals surface area contributed by atoms with E-state index >= 15 is 0 Å². The molecule has 4 nitrogen and oxygen atoms in total. The van der Waals surface area contributed by atoms with Crippen LogP contribution in [0.15, 0.2) is 0 Å². The lowest BCUT2D eigenvalue weighted by molar-refractivity contribution is -0.104. The van der Waals surface area contributed by atoms with Crippen molar-refractivity contribution in [3.63, 3.8) is 0 Å². The van der Waals surface area contributed by atoms with Crippen LogP contribution in [0.1, 0.15) is 6.92 Å². The fourth-order valence-corrected chi connectivity index (χ4v) is 2.68. The molecule has 0 aromatic heterocycles. The molecule has 1 aliphatic heterocycles. The molecule has 3 N–H and O–H groups in total. The van der Waals surface area contributed by atoms with Crippen molar-refractivity contribution in [2.75, 3.05) is 13.7 Å². The molecule has 72 valence electrons. The molecule has 1 rings (SSSR count). The summed E-state index contributed by atoms with van der Waals surface area (Å²) in [5, 5.41) is 27.7. The highest BCUT2D eigenvalue weighted by Gasteiger charge is 2.51. The highest BCUT2D eigenvalue weighted by molar-refractivity contribution is 8.00. The molecule has 12 heavy (non-hydrogen) atoms. The number of thioether (sulfide) groups is 1. The third-order valence-corrected chi connectivity index (χ3v) is 3.79. The van der Waals surface area contributed by atoms with Gasteiger partial charge in [-0.15, -0.1) is 11.8 Å². The number of ether oxygens (including phenoxy) is 1. The summed E-state index contributed by atoms with van der Waals surface area (Å²) in [5.41, 5.74) is -1.74. The van der Waals surface area contributed by atoms with Crippen LogP contribution >= 0.6 is 11.8 Å². The largest absolute Gasteiger partial charge is 0.395 e. The Morgan fingerprint density at radius 3 is 2.42 bits per heavy atom. The zero-order valence-electron chi connectivity index (χ0n) is 7.10. The van der Waals surface area contributed by atoms with E-state index in [4.69, 9.17) is 9.84 Å². The van der Waals surface area contributed by atoms with Crippen LogP contribution in [0.25, 0.3) is 0 Å². The predicted molar refractivity (Wildman–Crippen MR) is 45.9 cm³/mol. The second-order valence-electron chi connectivity index (χ2n) is 3.10. The lowest BCUT2D eigenvalue weighted by Crippen LogP contribution is -2.46.